The van der Waals surface area contributed by atoms with E-state index in [1.165, 1.54) is 0 Å². The summed E-state index contributed by atoms with van der Waals surface area (Å²) >= 11 is 0. The van der Waals surface area contributed by atoms with E-state index in [0.717, 1.165) is 27.9 Å². The summed E-state index contributed by atoms with van der Waals surface area (Å²) in [5.41, 5.74) is 4.14. The maximum Gasteiger partial charge on any atom is 0.426 e. The summed E-state index contributed by atoms with van der Waals surface area (Å²) in [6.45, 7) is -0.178. The zero-order valence-electron chi connectivity index (χ0n) is 14.3. The highest BCUT2D eigenvalue weighted by Crippen LogP contribution is 2.28. The van der Waals surface area contributed by atoms with E-state index in [2.05, 4.69) is 29.2 Å². The summed E-state index contributed by atoms with van der Waals surface area (Å²) in [5.74, 6) is 0.823. The van der Waals surface area contributed by atoms with Crippen LogP contribution >= 0.6 is 0 Å². The second-order valence-corrected chi connectivity index (χ2v) is 6.03. The van der Waals surface area contributed by atoms with Crippen molar-refractivity contribution in [3.05, 3.63) is 109 Å². The molecule has 124 valence electrons. The minimum atomic E-state index is -0.178. The molecule has 0 bridgehead atoms. The summed E-state index contributed by atoms with van der Waals surface area (Å²) in [5, 5.41) is 0. The standard InChI is InChI=1S/C23H18BNO/c1-3-11-19(12-4-1)24(20-13-5-2-6-14-20)26-23-17-8-7-15-21(23)22-16-9-10-18-25-22/h1-18H. The normalized spacial score (nSPS) is 10.3. The first kappa shape index (κ1) is 16.2. The number of benzene rings is 3. The van der Waals surface area contributed by atoms with Crippen LogP contribution in [-0.4, -0.2) is 11.9 Å². The van der Waals surface area contributed by atoms with Gasteiger partial charge in [-0.3, -0.25) is 4.98 Å². The topological polar surface area (TPSA) is 22.1 Å². The van der Waals surface area contributed by atoms with Gasteiger partial charge < -0.3 is 4.65 Å². The Hall–Kier alpha value is -3.33. The van der Waals surface area contributed by atoms with Gasteiger partial charge in [-0.15, -0.1) is 0 Å². The van der Waals surface area contributed by atoms with Crippen LogP contribution in [0.15, 0.2) is 109 Å². The van der Waals surface area contributed by atoms with Crippen LogP contribution in [0.25, 0.3) is 11.3 Å². The van der Waals surface area contributed by atoms with Gasteiger partial charge in [0.2, 0.25) is 0 Å². The van der Waals surface area contributed by atoms with Crippen LogP contribution in [0.3, 0.4) is 0 Å². The fourth-order valence-electron chi connectivity index (χ4n) is 3.01. The van der Waals surface area contributed by atoms with E-state index in [-0.39, 0.29) is 6.92 Å². The van der Waals surface area contributed by atoms with Crippen LogP contribution in [0.1, 0.15) is 0 Å². The Bertz CT molecular complexity index is 919. The summed E-state index contributed by atoms with van der Waals surface area (Å²) in [7, 11) is 0. The van der Waals surface area contributed by atoms with Crippen molar-refractivity contribution in [1.82, 2.24) is 4.98 Å². The van der Waals surface area contributed by atoms with Gasteiger partial charge in [-0.2, -0.15) is 0 Å². The van der Waals surface area contributed by atoms with Gasteiger partial charge >= 0.3 is 6.92 Å². The van der Waals surface area contributed by atoms with Crippen molar-refractivity contribution >= 4 is 17.8 Å². The lowest BCUT2D eigenvalue weighted by molar-refractivity contribution is 0.593. The molecule has 0 aliphatic rings. The van der Waals surface area contributed by atoms with Crippen LogP contribution in [0.4, 0.5) is 0 Å². The van der Waals surface area contributed by atoms with E-state index in [9.17, 15) is 0 Å². The number of hydrogen-bond donors (Lipinski definition) is 0. The molecule has 3 heteroatoms. The zero-order chi connectivity index (χ0) is 17.6. The first-order valence-electron chi connectivity index (χ1n) is 8.69. The quantitative estimate of drug-likeness (QED) is 0.516. The van der Waals surface area contributed by atoms with Gasteiger partial charge in [0.05, 0.1) is 5.69 Å². The molecule has 0 unspecified atom stereocenters. The molecule has 0 fully saturated rings. The third-order valence-electron chi connectivity index (χ3n) is 4.28. The molecule has 0 radical (unpaired) electrons. The number of aromatic nitrogens is 1. The molecule has 4 rings (SSSR count). The van der Waals surface area contributed by atoms with Crippen molar-refractivity contribution in [1.29, 1.82) is 0 Å². The fraction of sp³-hybridized carbons (Fsp3) is 0. The molecular formula is C23H18BNO. The van der Waals surface area contributed by atoms with E-state index < -0.39 is 0 Å². The summed E-state index contributed by atoms with van der Waals surface area (Å²) in [6.07, 6.45) is 1.80. The number of nitrogens with zero attached hydrogens (tertiary/aromatic N) is 1. The third kappa shape index (κ3) is 3.52. The van der Waals surface area contributed by atoms with Crippen molar-refractivity contribution in [2.24, 2.45) is 0 Å². The van der Waals surface area contributed by atoms with Crippen LogP contribution in [-0.2, 0) is 0 Å². The van der Waals surface area contributed by atoms with Crippen molar-refractivity contribution < 1.29 is 4.65 Å². The highest BCUT2D eigenvalue weighted by molar-refractivity contribution is 6.80. The van der Waals surface area contributed by atoms with Gasteiger partial charge in [-0.05, 0) is 35.2 Å². The second kappa shape index (κ2) is 7.71. The molecule has 0 saturated heterocycles. The second-order valence-electron chi connectivity index (χ2n) is 6.03. The van der Waals surface area contributed by atoms with Gasteiger partial charge in [0.25, 0.3) is 0 Å². The molecule has 0 N–H and O–H groups in total. The van der Waals surface area contributed by atoms with Crippen molar-refractivity contribution in [3.63, 3.8) is 0 Å². The van der Waals surface area contributed by atoms with Crippen molar-refractivity contribution in [2.45, 2.75) is 0 Å². The number of para-hydroxylation sites is 1. The fourth-order valence-corrected chi connectivity index (χ4v) is 3.01. The van der Waals surface area contributed by atoms with Gasteiger partial charge in [0.15, 0.2) is 0 Å². The molecule has 1 aromatic heterocycles. The predicted molar refractivity (Wildman–Crippen MR) is 108 cm³/mol. The molecule has 0 aliphatic heterocycles. The monoisotopic (exact) mass is 335 g/mol. The molecule has 26 heavy (non-hydrogen) atoms. The minimum Gasteiger partial charge on any atom is -0.551 e. The average molecular weight is 335 g/mol. The Morgan fingerprint density at radius 2 is 1.15 bits per heavy atom. The van der Waals surface area contributed by atoms with E-state index in [1.807, 2.05) is 78.9 Å². The molecule has 0 spiro atoms. The average Bonchev–Trinajstić information content (AvgIpc) is 2.74. The smallest absolute Gasteiger partial charge is 0.426 e. The SMILES string of the molecule is c1ccc(B(Oc2ccccc2-c2ccccn2)c2ccccc2)cc1. The molecule has 2 nitrogen and oxygen atoms in total. The third-order valence-corrected chi connectivity index (χ3v) is 4.28. The van der Waals surface area contributed by atoms with E-state index in [1.54, 1.807) is 6.20 Å². The Labute approximate surface area is 154 Å². The zero-order valence-corrected chi connectivity index (χ0v) is 14.3. The van der Waals surface area contributed by atoms with Crippen LogP contribution in [0, 0.1) is 0 Å². The highest BCUT2D eigenvalue weighted by atomic mass is 16.4. The minimum absolute atomic E-state index is 0.178. The van der Waals surface area contributed by atoms with E-state index >= 15 is 0 Å². The Kier molecular flexibility index (Phi) is 4.79. The number of rotatable bonds is 5. The Balaban J connectivity index is 1.76. The van der Waals surface area contributed by atoms with Crippen molar-refractivity contribution in [2.75, 3.05) is 0 Å². The van der Waals surface area contributed by atoms with Gasteiger partial charge in [0, 0.05) is 11.8 Å². The molecule has 1 heterocycles. The summed E-state index contributed by atoms with van der Waals surface area (Å²) in [4.78, 5) is 4.48. The van der Waals surface area contributed by atoms with Crippen LogP contribution in [0.5, 0.6) is 5.75 Å². The first-order chi connectivity index (χ1) is 12.9. The Morgan fingerprint density at radius 3 is 1.77 bits per heavy atom. The molecule has 0 saturated carbocycles. The molecular weight excluding hydrogens is 317 g/mol. The maximum absolute atomic E-state index is 6.53. The van der Waals surface area contributed by atoms with Gasteiger partial charge in [-0.1, -0.05) is 78.9 Å². The lowest BCUT2D eigenvalue weighted by Crippen LogP contribution is -2.47. The largest absolute Gasteiger partial charge is 0.551 e. The molecule has 0 atom stereocenters. The number of hydrogen-bond acceptors (Lipinski definition) is 2. The number of pyridine rings is 1. The highest BCUT2D eigenvalue weighted by Gasteiger charge is 2.24. The first-order valence-corrected chi connectivity index (χ1v) is 8.69. The molecule has 3 aromatic carbocycles. The van der Waals surface area contributed by atoms with E-state index in [0.29, 0.717) is 0 Å². The van der Waals surface area contributed by atoms with Crippen LogP contribution in [0.2, 0.25) is 0 Å². The molecule has 0 aliphatic carbocycles. The van der Waals surface area contributed by atoms with Gasteiger partial charge in [0.1, 0.15) is 5.75 Å². The lowest BCUT2D eigenvalue weighted by atomic mass is 9.55. The summed E-state index contributed by atoms with van der Waals surface area (Å²) in [6, 6.07) is 34.6. The summed E-state index contributed by atoms with van der Waals surface area (Å²) < 4.78 is 6.53. The Morgan fingerprint density at radius 1 is 0.577 bits per heavy atom. The van der Waals surface area contributed by atoms with Crippen LogP contribution < -0.4 is 15.6 Å². The maximum atomic E-state index is 6.53. The predicted octanol–water partition coefficient (Wildman–Crippen LogP) is 3.93. The molecule has 4 aromatic rings. The lowest BCUT2D eigenvalue weighted by Gasteiger charge is -2.19. The molecule has 0 amide bonds. The van der Waals surface area contributed by atoms with Gasteiger partial charge in [-0.25, -0.2) is 0 Å². The van der Waals surface area contributed by atoms with Crippen molar-refractivity contribution in [3.8, 4) is 17.0 Å². The van der Waals surface area contributed by atoms with E-state index in [4.69, 9.17) is 4.65 Å².